The van der Waals surface area contributed by atoms with Gasteiger partial charge in [-0.3, -0.25) is 14.3 Å². The molecule has 0 unspecified atom stereocenters. The third kappa shape index (κ3) is 4.08. The average molecular weight is 366 g/mol. The van der Waals surface area contributed by atoms with Crippen LogP contribution in [0.4, 0.5) is 5.69 Å². The summed E-state index contributed by atoms with van der Waals surface area (Å²) in [5, 5.41) is 8.75. The molecule has 0 bridgehead atoms. The molecule has 0 saturated carbocycles. The predicted molar refractivity (Wildman–Crippen MR) is 104 cm³/mol. The molecule has 27 heavy (non-hydrogen) atoms. The molecule has 0 radical (unpaired) electrons. The fourth-order valence-corrected chi connectivity index (χ4v) is 2.75. The number of ether oxygens (including phenoxy) is 1. The largest absolute Gasteiger partial charge is 0.493 e. The van der Waals surface area contributed by atoms with E-state index in [0.717, 1.165) is 10.8 Å². The Bertz CT molecular complexity index is 978. The normalized spacial score (nSPS) is 10.6. The molecule has 1 aromatic heterocycles. The zero-order valence-electron chi connectivity index (χ0n) is 15.6. The quantitative estimate of drug-likeness (QED) is 0.728. The summed E-state index contributed by atoms with van der Waals surface area (Å²) >= 11 is 0. The van der Waals surface area contributed by atoms with Gasteiger partial charge < -0.3 is 15.0 Å². The molecular weight excluding hydrogens is 344 g/mol. The molecule has 1 N–H and O–H groups in total. The number of fused-ring (bicyclic) bond motifs is 1. The maximum Gasteiger partial charge on any atom is 0.260 e. The molecule has 3 rings (SSSR count). The zero-order chi connectivity index (χ0) is 19.4. The van der Waals surface area contributed by atoms with Crippen LogP contribution in [0.3, 0.4) is 0 Å². The van der Waals surface area contributed by atoms with E-state index in [-0.39, 0.29) is 18.4 Å². The highest BCUT2D eigenvalue weighted by Gasteiger charge is 2.17. The second-order valence-electron chi connectivity index (χ2n) is 6.26. The van der Waals surface area contributed by atoms with Crippen molar-refractivity contribution >= 4 is 28.3 Å². The highest BCUT2D eigenvalue weighted by molar-refractivity contribution is 6.15. The SMILES string of the molecule is CCOc1ccc2ccccc2c1C(=O)Nc1cnn(CC(=O)N(C)C)c1. The minimum atomic E-state index is -0.284. The fourth-order valence-electron chi connectivity index (χ4n) is 2.75. The second kappa shape index (κ2) is 7.90. The van der Waals surface area contributed by atoms with Crippen LogP contribution in [-0.4, -0.2) is 47.2 Å². The molecule has 1 heterocycles. The first kappa shape index (κ1) is 18.4. The minimum Gasteiger partial charge on any atom is -0.493 e. The first-order valence-corrected chi connectivity index (χ1v) is 8.68. The van der Waals surface area contributed by atoms with Gasteiger partial charge >= 0.3 is 0 Å². The molecule has 0 aliphatic heterocycles. The van der Waals surface area contributed by atoms with Crippen LogP contribution >= 0.6 is 0 Å². The summed E-state index contributed by atoms with van der Waals surface area (Å²) in [6.45, 7) is 2.45. The number of likely N-dealkylation sites (N-methyl/N-ethyl adjacent to an activating group) is 1. The summed E-state index contributed by atoms with van der Waals surface area (Å²) < 4.78 is 7.15. The van der Waals surface area contributed by atoms with E-state index in [0.29, 0.717) is 23.6 Å². The number of hydrogen-bond acceptors (Lipinski definition) is 4. The Labute approximate surface area is 157 Å². The van der Waals surface area contributed by atoms with Crippen LogP contribution in [0.15, 0.2) is 48.8 Å². The van der Waals surface area contributed by atoms with Crippen molar-refractivity contribution in [1.82, 2.24) is 14.7 Å². The number of carbonyl (C=O) groups excluding carboxylic acids is 2. The Morgan fingerprint density at radius 3 is 2.70 bits per heavy atom. The number of aromatic nitrogens is 2. The summed E-state index contributed by atoms with van der Waals surface area (Å²) in [6.07, 6.45) is 3.15. The summed E-state index contributed by atoms with van der Waals surface area (Å²) in [6, 6.07) is 11.4. The summed E-state index contributed by atoms with van der Waals surface area (Å²) in [5.74, 6) is 0.168. The van der Waals surface area contributed by atoms with Crippen LogP contribution < -0.4 is 10.1 Å². The van der Waals surface area contributed by atoms with E-state index in [1.54, 1.807) is 26.4 Å². The van der Waals surface area contributed by atoms with Crippen molar-refractivity contribution in [3.8, 4) is 5.75 Å². The van der Waals surface area contributed by atoms with Gasteiger partial charge in [-0.05, 0) is 23.8 Å². The van der Waals surface area contributed by atoms with Crippen molar-refractivity contribution in [1.29, 1.82) is 0 Å². The number of nitrogens with one attached hydrogen (secondary N) is 1. The van der Waals surface area contributed by atoms with Crippen LogP contribution in [0, 0.1) is 0 Å². The van der Waals surface area contributed by atoms with E-state index in [9.17, 15) is 9.59 Å². The molecule has 7 heteroatoms. The average Bonchev–Trinajstić information content (AvgIpc) is 3.08. The van der Waals surface area contributed by atoms with E-state index in [1.165, 1.54) is 15.8 Å². The molecular formula is C20H22N4O3. The van der Waals surface area contributed by atoms with Gasteiger partial charge in [0, 0.05) is 20.3 Å². The molecule has 0 saturated heterocycles. The molecule has 3 aromatic rings. The molecule has 0 spiro atoms. The highest BCUT2D eigenvalue weighted by atomic mass is 16.5. The third-order valence-electron chi connectivity index (χ3n) is 4.10. The topological polar surface area (TPSA) is 76.5 Å². The van der Waals surface area contributed by atoms with Crippen LogP contribution in [0.5, 0.6) is 5.75 Å². The van der Waals surface area contributed by atoms with Gasteiger partial charge in [0.15, 0.2) is 0 Å². The van der Waals surface area contributed by atoms with E-state index in [4.69, 9.17) is 4.74 Å². The summed E-state index contributed by atoms with van der Waals surface area (Å²) in [5.41, 5.74) is 0.994. The lowest BCUT2D eigenvalue weighted by Gasteiger charge is -2.13. The Balaban J connectivity index is 1.87. The van der Waals surface area contributed by atoms with E-state index >= 15 is 0 Å². The zero-order valence-corrected chi connectivity index (χ0v) is 15.6. The maximum atomic E-state index is 13.0. The first-order chi connectivity index (χ1) is 13.0. The van der Waals surface area contributed by atoms with E-state index < -0.39 is 0 Å². The third-order valence-corrected chi connectivity index (χ3v) is 4.10. The van der Waals surface area contributed by atoms with Crippen molar-refractivity contribution in [3.63, 3.8) is 0 Å². The first-order valence-electron chi connectivity index (χ1n) is 8.68. The van der Waals surface area contributed by atoms with Crippen molar-refractivity contribution in [3.05, 3.63) is 54.4 Å². The van der Waals surface area contributed by atoms with Crippen LogP contribution in [0.1, 0.15) is 17.3 Å². The number of amides is 2. The van der Waals surface area contributed by atoms with Gasteiger partial charge in [0.1, 0.15) is 12.3 Å². The maximum absolute atomic E-state index is 13.0. The standard InChI is InChI=1S/C20H22N4O3/c1-4-27-17-10-9-14-7-5-6-8-16(14)19(17)20(26)22-15-11-21-24(12-15)13-18(25)23(2)3/h5-12H,4,13H2,1-3H3,(H,22,26). The van der Waals surface area contributed by atoms with Crippen molar-refractivity contribution in [2.45, 2.75) is 13.5 Å². The second-order valence-corrected chi connectivity index (χ2v) is 6.26. The monoisotopic (exact) mass is 366 g/mol. The number of carbonyl (C=O) groups is 2. The lowest BCUT2D eigenvalue weighted by molar-refractivity contribution is -0.129. The van der Waals surface area contributed by atoms with E-state index in [1.807, 2.05) is 37.3 Å². The summed E-state index contributed by atoms with van der Waals surface area (Å²) in [4.78, 5) is 26.2. The lowest BCUT2D eigenvalue weighted by Crippen LogP contribution is -2.26. The van der Waals surface area contributed by atoms with Gasteiger partial charge in [-0.25, -0.2) is 0 Å². The molecule has 0 aliphatic rings. The van der Waals surface area contributed by atoms with E-state index in [2.05, 4.69) is 10.4 Å². The van der Waals surface area contributed by atoms with Crippen LogP contribution in [0.2, 0.25) is 0 Å². The minimum absolute atomic E-state index is 0.0799. The molecule has 0 atom stereocenters. The number of rotatable bonds is 6. The molecule has 0 aliphatic carbocycles. The molecule has 0 fully saturated rings. The number of anilines is 1. The molecule has 2 amide bonds. The highest BCUT2D eigenvalue weighted by Crippen LogP contribution is 2.29. The van der Waals surface area contributed by atoms with Gasteiger partial charge in [0.25, 0.3) is 5.91 Å². The number of hydrogen-bond donors (Lipinski definition) is 1. The van der Waals surface area contributed by atoms with Crippen molar-refractivity contribution in [2.75, 3.05) is 26.0 Å². The number of nitrogens with zero attached hydrogens (tertiary/aromatic N) is 3. The van der Waals surface area contributed by atoms with Gasteiger partial charge in [-0.1, -0.05) is 30.3 Å². The van der Waals surface area contributed by atoms with Gasteiger partial charge in [-0.2, -0.15) is 5.10 Å². The van der Waals surface area contributed by atoms with Gasteiger partial charge in [0.2, 0.25) is 5.91 Å². The molecule has 7 nitrogen and oxygen atoms in total. The number of benzene rings is 2. The smallest absolute Gasteiger partial charge is 0.260 e. The Morgan fingerprint density at radius 1 is 1.19 bits per heavy atom. The Morgan fingerprint density at radius 2 is 1.96 bits per heavy atom. The Hall–Kier alpha value is -3.35. The summed E-state index contributed by atoms with van der Waals surface area (Å²) in [7, 11) is 3.37. The predicted octanol–water partition coefficient (Wildman–Crippen LogP) is 2.78. The Kier molecular flexibility index (Phi) is 5.40. The van der Waals surface area contributed by atoms with Gasteiger partial charge in [-0.15, -0.1) is 0 Å². The lowest BCUT2D eigenvalue weighted by atomic mass is 10.0. The van der Waals surface area contributed by atoms with Gasteiger partial charge in [0.05, 0.1) is 24.1 Å². The van der Waals surface area contributed by atoms with Crippen LogP contribution in [-0.2, 0) is 11.3 Å². The molecule has 2 aromatic carbocycles. The van der Waals surface area contributed by atoms with Crippen molar-refractivity contribution < 1.29 is 14.3 Å². The fraction of sp³-hybridized carbons (Fsp3) is 0.250. The van der Waals surface area contributed by atoms with Crippen LogP contribution in [0.25, 0.3) is 10.8 Å². The van der Waals surface area contributed by atoms with Crippen molar-refractivity contribution in [2.24, 2.45) is 0 Å². The molecule has 140 valence electrons.